The molecule has 0 aliphatic carbocycles. The maximum Gasteiger partial charge on any atom is 0.307 e. The third kappa shape index (κ3) is 2.45. The van der Waals surface area contributed by atoms with Crippen LogP contribution in [0, 0.1) is 0 Å². The molecule has 0 amide bonds. The molecule has 0 aliphatic heterocycles. The van der Waals surface area contributed by atoms with Crippen LogP contribution in [0.25, 0.3) is 0 Å². The number of ether oxygens (including phenoxy) is 1. The quantitative estimate of drug-likeness (QED) is 0.802. The number of aliphatic carboxylic acids is 1. The summed E-state index contributed by atoms with van der Waals surface area (Å²) in [5.41, 5.74) is 0.956. The van der Waals surface area contributed by atoms with Gasteiger partial charge in [0.2, 0.25) is 0 Å². The number of carbonyl (C=O) groups is 1. The number of methoxy groups -OCH3 is 1. The normalized spacial score (nSPS) is 9.86. The number of benzene rings is 1. The van der Waals surface area contributed by atoms with E-state index >= 15 is 0 Å². The summed E-state index contributed by atoms with van der Waals surface area (Å²) >= 11 is 0. The van der Waals surface area contributed by atoms with Crippen LogP contribution in [0.1, 0.15) is 11.1 Å². The number of rotatable bonds is 4. The number of alkyl halides is 1. The average molecular weight is 198 g/mol. The zero-order valence-corrected chi connectivity index (χ0v) is 7.79. The third-order valence-electron chi connectivity index (χ3n) is 1.84. The molecule has 1 aromatic rings. The van der Waals surface area contributed by atoms with E-state index in [1.54, 1.807) is 12.1 Å². The van der Waals surface area contributed by atoms with E-state index in [0.29, 0.717) is 16.9 Å². The number of hydrogen-bond acceptors (Lipinski definition) is 2. The minimum absolute atomic E-state index is 0.156. The molecule has 0 aliphatic rings. The van der Waals surface area contributed by atoms with Crippen molar-refractivity contribution in [3.05, 3.63) is 29.3 Å². The first kappa shape index (κ1) is 10.5. The van der Waals surface area contributed by atoms with Gasteiger partial charge in [0.25, 0.3) is 0 Å². The highest BCUT2D eigenvalue weighted by atomic mass is 19.1. The Morgan fingerprint density at radius 3 is 2.79 bits per heavy atom. The standard InChI is InChI=1S/C10H11FO3/c1-14-9-3-2-7(6-11)4-8(9)5-10(12)13/h2-4H,5-6H2,1H3,(H,12,13). The van der Waals surface area contributed by atoms with Gasteiger partial charge in [-0.05, 0) is 17.7 Å². The molecule has 0 heterocycles. The SMILES string of the molecule is COc1ccc(CF)cc1CC(=O)O. The van der Waals surface area contributed by atoms with Gasteiger partial charge in [-0.25, -0.2) is 4.39 Å². The molecule has 4 heteroatoms. The number of carboxylic acids is 1. The van der Waals surface area contributed by atoms with E-state index < -0.39 is 12.6 Å². The minimum Gasteiger partial charge on any atom is -0.496 e. The summed E-state index contributed by atoms with van der Waals surface area (Å²) in [6.45, 7) is -0.601. The van der Waals surface area contributed by atoms with Crippen molar-refractivity contribution in [1.82, 2.24) is 0 Å². The largest absolute Gasteiger partial charge is 0.496 e. The fourth-order valence-corrected chi connectivity index (χ4v) is 1.22. The summed E-state index contributed by atoms with van der Waals surface area (Å²) in [6, 6.07) is 4.66. The van der Waals surface area contributed by atoms with Crippen LogP contribution in [0.3, 0.4) is 0 Å². The van der Waals surface area contributed by atoms with E-state index in [1.165, 1.54) is 13.2 Å². The molecule has 0 aromatic heterocycles. The molecular weight excluding hydrogens is 187 g/mol. The van der Waals surface area contributed by atoms with E-state index in [-0.39, 0.29) is 6.42 Å². The Morgan fingerprint density at radius 2 is 2.29 bits per heavy atom. The fraction of sp³-hybridized carbons (Fsp3) is 0.300. The smallest absolute Gasteiger partial charge is 0.307 e. The topological polar surface area (TPSA) is 46.5 Å². The van der Waals surface area contributed by atoms with Gasteiger partial charge in [-0.1, -0.05) is 6.07 Å². The van der Waals surface area contributed by atoms with Crippen molar-refractivity contribution in [2.75, 3.05) is 7.11 Å². The van der Waals surface area contributed by atoms with Crippen LogP contribution in [0.4, 0.5) is 4.39 Å². The minimum atomic E-state index is -0.959. The van der Waals surface area contributed by atoms with Crippen molar-refractivity contribution in [1.29, 1.82) is 0 Å². The first-order valence-electron chi connectivity index (χ1n) is 4.11. The van der Waals surface area contributed by atoms with Crippen molar-refractivity contribution < 1.29 is 19.0 Å². The highest BCUT2D eigenvalue weighted by molar-refractivity contribution is 5.71. The lowest BCUT2D eigenvalue weighted by Gasteiger charge is -2.07. The first-order valence-corrected chi connectivity index (χ1v) is 4.11. The van der Waals surface area contributed by atoms with E-state index in [2.05, 4.69) is 0 Å². The van der Waals surface area contributed by atoms with Gasteiger partial charge in [-0.3, -0.25) is 4.79 Å². The second-order valence-electron chi connectivity index (χ2n) is 2.85. The third-order valence-corrected chi connectivity index (χ3v) is 1.84. The molecule has 0 saturated carbocycles. The summed E-state index contributed by atoms with van der Waals surface area (Å²) in [7, 11) is 1.45. The van der Waals surface area contributed by atoms with Gasteiger partial charge in [-0.2, -0.15) is 0 Å². The molecule has 3 nitrogen and oxygen atoms in total. The maximum absolute atomic E-state index is 12.3. The van der Waals surface area contributed by atoms with Crippen LogP contribution in [0.2, 0.25) is 0 Å². The second kappa shape index (κ2) is 4.60. The Bertz CT molecular complexity index is 336. The Hall–Kier alpha value is -1.58. The van der Waals surface area contributed by atoms with E-state index in [0.717, 1.165) is 0 Å². The highest BCUT2D eigenvalue weighted by Crippen LogP contribution is 2.20. The van der Waals surface area contributed by atoms with Crippen LogP contribution < -0.4 is 4.74 Å². The monoisotopic (exact) mass is 198 g/mol. The lowest BCUT2D eigenvalue weighted by Crippen LogP contribution is -2.02. The second-order valence-corrected chi connectivity index (χ2v) is 2.85. The average Bonchev–Trinajstić information content (AvgIpc) is 2.16. The summed E-state index contributed by atoms with van der Waals surface area (Å²) < 4.78 is 17.3. The molecule has 1 rings (SSSR count). The van der Waals surface area contributed by atoms with Gasteiger partial charge >= 0.3 is 5.97 Å². The molecule has 14 heavy (non-hydrogen) atoms. The molecule has 0 saturated heterocycles. The molecule has 0 atom stereocenters. The van der Waals surface area contributed by atoms with Gasteiger partial charge in [0.1, 0.15) is 12.4 Å². The zero-order chi connectivity index (χ0) is 10.6. The van der Waals surface area contributed by atoms with Crippen LogP contribution in [0.15, 0.2) is 18.2 Å². The van der Waals surface area contributed by atoms with Gasteiger partial charge in [0.15, 0.2) is 0 Å². The lowest BCUT2D eigenvalue weighted by molar-refractivity contribution is -0.136. The maximum atomic E-state index is 12.3. The predicted molar refractivity (Wildman–Crippen MR) is 49.1 cm³/mol. The van der Waals surface area contributed by atoms with Crippen LogP contribution in [-0.4, -0.2) is 18.2 Å². The number of halogens is 1. The van der Waals surface area contributed by atoms with Crippen LogP contribution >= 0.6 is 0 Å². The molecule has 1 aromatic carbocycles. The van der Waals surface area contributed by atoms with Gasteiger partial charge in [0, 0.05) is 5.56 Å². The Labute approximate surface area is 81.1 Å². The van der Waals surface area contributed by atoms with Gasteiger partial charge < -0.3 is 9.84 Å². The summed E-state index contributed by atoms with van der Waals surface area (Å²) in [5.74, 6) is -0.482. The predicted octanol–water partition coefficient (Wildman–Crippen LogP) is 1.79. The van der Waals surface area contributed by atoms with Gasteiger partial charge in [0.05, 0.1) is 13.5 Å². The summed E-state index contributed by atoms with van der Waals surface area (Å²) in [6.07, 6.45) is -0.156. The molecule has 0 fully saturated rings. The molecule has 0 bridgehead atoms. The Morgan fingerprint density at radius 1 is 1.57 bits per heavy atom. The van der Waals surface area contributed by atoms with Crippen molar-refractivity contribution in [2.45, 2.75) is 13.1 Å². The van der Waals surface area contributed by atoms with Crippen LogP contribution in [0.5, 0.6) is 5.75 Å². The molecule has 76 valence electrons. The van der Waals surface area contributed by atoms with Crippen molar-refractivity contribution in [2.24, 2.45) is 0 Å². The summed E-state index contributed by atoms with van der Waals surface area (Å²) in [5, 5.41) is 8.60. The number of carboxylic acid groups (broad SMARTS) is 1. The fourth-order valence-electron chi connectivity index (χ4n) is 1.22. The number of hydrogen-bond donors (Lipinski definition) is 1. The first-order chi connectivity index (χ1) is 6.67. The molecule has 0 unspecified atom stereocenters. The summed E-state index contributed by atoms with van der Waals surface area (Å²) in [4.78, 5) is 10.5. The Kier molecular flexibility index (Phi) is 3.45. The van der Waals surface area contributed by atoms with E-state index in [1.807, 2.05) is 0 Å². The van der Waals surface area contributed by atoms with Crippen molar-refractivity contribution in [3.63, 3.8) is 0 Å². The lowest BCUT2D eigenvalue weighted by atomic mass is 10.1. The highest BCUT2D eigenvalue weighted by Gasteiger charge is 2.08. The van der Waals surface area contributed by atoms with E-state index in [4.69, 9.17) is 9.84 Å². The molecule has 0 spiro atoms. The van der Waals surface area contributed by atoms with E-state index in [9.17, 15) is 9.18 Å². The van der Waals surface area contributed by atoms with Crippen molar-refractivity contribution >= 4 is 5.97 Å². The molecular formula is C10H11FO3. The van der Waals surface area contributed by atoms with Crippen molar-refractivity contribution in [3.8, 4) is 5.75 Å². The molecule has 0 radical (unpaired) electrons. The van der Waals surface area contributed by atoms with Crippen LogP contribution in [-0.2, 0) is 17.9 Å². The Balaban J connectivity index is 3.01. The zero-order valence-electron chi connectivity index (χ0n) is 7.79. The van der Waals surface area contributed by atoms with Gasteiger partial charge in [-0.15, -0.1) is 0 Å². The molecule has 1 N–H and O–H groups in total.